The molecule has 0 aliphatic carbocycles. The molecule has 1 saturated heterocycles. The Hall–Kier alpha value is -2.97. The Morgan fingerprint density at radius 2 is 1.71 bits per heavy atom. The number of aromatic nitrogens is 3. The zero-order valence-corrected chi connectivity index (χ0v) is 18.2. The Kier molecular flexibility index (Phi) is 7.46. The molecule has 0 bridgehead atoms. The molecule has 164 valence electrons. The molecule has 3 aromatic rings. The van der Waals surface area contributed by atoms with Gasteiger partial charge in [-0.1, -0.05) is 36.4 Å². The molecule has 1 fully saturated rings. The minimum absolute atomic E-state index is 0.578. The second-order valence-corrected chi connectivity index (χ2v) is 7.85. The van der Waals surface area contributed by atoms with Crippen LogP contribution in [0.2, 0.25) is 0 Å². The van der Waals surface area contributed by atoms with Crippen LogP contribution in [-0.2, 0) is 13.1 Å². The summed E-state index contributed by atoms with van der Waals surface area (Å²) in [5.74, 6) is 1.66. The molecule has 8 heteroatoms. The van der Waals surface area contributed by atoms with Crippen LogP contribution in [0.3, 0.4) is 0 Å². The van der Waals surface area contributed by atoms with Gasteiger partial charge in [-0.25, -0.2) is 0 Å². The molecule has 0 radical (unpaired) electrons. The minimum Gasteiger partial charge on any atom is -0.356 e. The van der Waals surface area contributed by atoms with E-state index in [2.05, 4.69) is 66.0 Å². The van der Waals surface area contributed by atoms with Crippen LogP contribution in [0.15, 0.2) is 59.7 Å². The van der Waals surface area contributed by atoms with Gasteiger partial charge >= 0.3 is 0 Å². The van der Waals surface area contributed by atoms with Gasteiger partial charge in [-0.2, -0.15) is 0 Å². The first-order valence-electron chi connectivity index (χ1n) is 11.0. The van der Waals surface area contributed by atoms with E-state index in [1.165, 1.54) is 5.56 Å². The predicted molar refractivity (Wildman–Crippen MR) is 124 cm³/mol. The van der Waals surface area contributed by atoms with Gasteiger partial charge in [0.05, 0.1) is 6.54 Å². The smallest absolute Gasteiger partial charge is 0.191 e. The highest BCUT2D eigenvalue weighted by molar-refractivity contribution is 5.79. The van der Waals surface area contributed by atoms with Crippen LogP contribution in [0.5, 0.6) is 0 Å². The van der Waals surface area contributed by atoms with Crippen LogP contribution in [0.1, 0.15) is 17.8 Å². The van der Waals surface area contributed by atoms with E-state index in [4.69, 9.17) is 0 Å². The van der Waals surface area contributed by atoms with E-state index in [-0.39, 0.29) is 0 Å². The first kappa shape index (κ1) is 21.3. The van der Waals surface area contributed by atoms with Crippen LogP contribution in [0.4, 0.5) is 0 Å². The maximum atomic E-state index is 4.32. The summed E-state index contributed by atoms with van der Waals surface area (Å²) in [5, 5.41) is 15.2. The predicted octanol–water partition coefficient (Wildman–Crippen LogP) is 1.60. The highest BCUT2D eigenvalue weighted by Gasteiger charge is 2.16. The molecule has 1 aliphatic heterocycles. The molecule has 0 saturated carbocycles. The number of pyridine rings is 1. The molecular weight excluding hydrogens is 388 g/mol. The summed E-state index contributed by atoms with van der Waals surface area (Å²) in [7, 11) is 1.79. The topological polar surface area (TPSA) is 73.1 Å². The van der Waals surface area contributed by atoms with Gasteiger partial charge in [0.15, 0.2) is 17.4 Å². The zero-order valence-electron chi connectivity index (χ0n) is 18.2. The summed E-state index contributed by atoms with van der Waals surface area (Å²) >= 11 is 0. The lowest BCUT2D eigenvalue weighted by Gasteiger charge is -2.34. The van der Waals surface area contributed by atoms with Gasteiger partial charge in [-0.05, 0) is 30.7 Å². The van der Waals surface area contributed by atoms with Crippen molar-refractivity contribution in [2.24, 2.45) is 4.99 Å². The Morgan fingerprint density at radius 3 is 2.52 bits per heavy atom. The fourth-order valence-corrected chi connectivity index (χ4v) is 3.92. The number of hydrogen-bond acceptors (Lipinski definition) is 5. The lowest BCUT2D eigenvalue weighted by Crippen LogP contribution is -2.46. The molecule has 0 atom stereocenters. The van der Waals surface area contributed by atoms with E-state index in [0.29, 0.717) is 6.54 Å². The fraction of sp³-hybridized carbons (Fsp3) is 0.435. The standard InChI is InChI=1S/C23H32N8/c1-24-23(26-18-22-28-27-21-10-5-6-13-31(21)22)25-11-7-12-29-14-16-30(17-15-29)19-20-8-3-2-4-9-20/h2-6,8-10,13H,7,11-12,14-19H2,1H3,(H2,24,25,26). The molecular formula is C23H32N8. The number of piperazine rings is 1. The largest absolute Gasteiger partial charge is 0.356 e. The van der Waals surface area contributed by atoms with Gasteiger partial charge in [-0.15, -0.1) is 10.2 Å². The van der Waals surface area contributed by atoms with E-state index in [0.717, 1.165) is 69.7 Å². The van der Waals surface area contributed by atoms with Crippen LogP contribution in [0.25, 0.3) is 5.65 Å². The number of nitrogens with zero attached hydrogens (tertiary/aromatic N) is 6. The number of rotatable bonds is 8. The number of guanidine groups is 1. The molecule has 4 rings (SSSR count). The van der Waals surface area contributed by atoms with Crippen LogP contribution >= 0.6 is 0 Å². The van der Waals surface area contributed by atoms with Crippen molar-refractivity contribution in [2.75, 3.05) is 46.3 Å². The normalized spacial score (nSPS) is 16.0. The highest BCUT2D eigenvalue weighted by atomic mass is 15.3. The first-order chi connectivity index (χ1) is 15.3. The molecule has 0 spiro atoms. The fourth-order valence-electron chi connectivity index (χ4n) is 3.92. The van der Waals surface area contributed by atoms with Gasteiger partial charge in [0.25, 0.3) is 0 Å². The van der Waals surface area contributed by atoms with Crippen molar-refractivity contribution in [3.8, 4) is 0 Å². The van der Waals surface area contributed by atoms with Crippen molar-refractivity contribution >= 4 is 11.6 Å². The van der Waals surface area contributed by atoms with Crippen LogP contribution < -0.4 is 10.6 Å². The second-order valence-electron chi connectivity index (χ2n) is 7.85. The molecule has 1 aromatic carbocycles. The third kappa shape index (κ3) is 6.02. The van der Waals surface area contributed by atoms with Crippen molar-refractivity contribution in [1.82, 2.24) is 35.0 Å². The van der Waals surface area contributed by atoms with Gasteiger partial charge in [0.1, 0.15) is 0 Å². The second kappa shape index (κ2) is 10.9. The van der Waals surface area contributed by atoms with E-state index < -0.39 is 0 Å². The minimum atomic E-state index is 0.578. The van der Waals surface area contributed by atoms with Gasteiger partial charge < -0.3 is 15.5 Å². The third-order valence-corrected chi connectivity index (χ3v) is 5.68. The third-order valence-electron chi connectivity index (χ3n) is 5.68. The summed E-state index contributed by atoms with van der Waals surface area (Å²) in [4.78, 5) is 9.42. The number of hydrogen-bond donors (Lipinski definition) is 2. The summed E-state index contributed by atoms with van der Waals surface area (Å²) < 4.78 is 1.98. The van der Waals surface area contributed by atoms with Gasteiger partial charge in [0, 0.05) is 52.5 Å². The molecule has 1 aliphatic rings. The molecule has 31 heavy (non-hydrogen) atoms. The van der Waals surface area contributed by atoms with Crippen molar-refractivity contribution < 1.29 is 0 Å². The van der Waals surface area contributed by atoms with Gasteiger partial charge in [-0.3, -0.25) is 14.3 Å². The molecule has 2 N–H and O–H groups in total. The Balaban J connectivity index is 1.12. The van der Waals surface area contributed by atoms with Crippen molar-refractivity contribution in [3.63, 3.8) is 0 Å². The number of fused-ring (bicyclic) bond motifs is 1. The summed E-state index contributed by atoms with van der Waals surface area (Å²) in [6, 6.07) is 16.6. The van der Waals surface area contributed by atoms with E-state index in [1.54, 1.807) is 7.05 Å². The van der Waals surface area contributed by atoms with Crippen molar-refractivity contribution in [1.29, 1.82) is 0 Å². The zero-order chi connectivity index (χ0) is 21.3. The van der Waals surface area contributed by atoms with Crippen LogP contribution in [-0.4, -0.2) is 76.7 Å². The molecule has 0 amide bonds. The highest BCUT2D eigenvalue weighted by Crippen LogP contribution is 2.08. The van der Waals surface area contributed by atoms with E-state index >= 15 is 0 Å². The maximum Gasteiger partial charge on any atom is 0.191 e. The Morgan fingerprint density at radius 1 is 0.935 bits per heavy atom. The molecule has 2 aromatic heterocycles. The number of aliphatic imine (C=N–C) groups is 1. The van der Waals surface area contributed by atoms with Crippen LogP contribution in [0, 0.1) is 0 Å². The van der Waals surface area contributed by atoms with Gasteiger partial charge in [0.2, 0.25) is 0 Å². The monoisotopic (exact) mass is 420 g/mol. The maximum absolute atomic E-state index is 4.32. The van der Waals surface area contributed by atoms with Crippen molar-refractivity contribution in [2.45, 2.75) is 19.5 Å². The summed E-state index contributed by atoms with van der Waals surface area (Å²) in [5.41, 5.74) is 2.25. The lowest BCUT2D eigenvalue weighted by atomic mass is 10.2. The lowest BCUT2D eigenvalue weighted by molar-refractivity contribution is 0.126. The SMILES string of the molecule is CN=C(NCCCN1CCN(Cc2ccccc2)CC1)NCc1nnc2ccccn12. The molecule has 8 nitrogen and oxygen atoms in total. The summed E-state index contributed by atoms with van der Waals surface area (Å²) in [6.07, 6.45) is 3.06. The number of benzene rings is 1. The van der Waals surface area contributed by atoms with E-state index in [1.807, 2.05) is 28.8 Å². The molecule has 0 unspecified atom stereocenters. The quantitative estimate of drug-likeness (QED) is 0.328. The average Bonchev–Trinajstić information content (AvgIpc) is 3.23. The average molecular weight is 421 g/mol. The van der Waals surface area contributed by atoms with E-state index in [9.17, 15) is 0 Å². The number of nitrogens with one attached hydrogen (secondary N) is 2. The Labute approximate surface area is 184 Å². The Bertz CT molecular complexity index is 960. The first-order valence-corrected chi connectivity index (χ1v) is 11.0. The summed E-state index contributed by atoms with van der Waals surface area (Å²) in [6.45, 7) is 8.19. The molecule has 3 heterocycles. The van der Waals surface area contributed by atoms with Crippen molar-refractivity contribution in [3.05, 3.63) is 66.1 Å².